The van der Waals surface area contributed by atoms with Gasteiger partial charge in [0.2, 0.25) is 11.8 Å². The van der Waals surface area contributed by atoms with Crippen LogP contribution in [0.25, 0.3) is 0 Å². The number of ether oxygens (including phenoxy) is 1. The van der Waals surface area contributed by atoms with Crippen molar-refractivity contribution in [3.05, 3.63) is 35.4 Å². The molecule has 4 atom stereocenters. The molecule has 3 rings (SSSR count). The summed E-state index contributed by atoms with van der Waals surface area (Å²) in [6, 6.07) is 7.33. The van der Waals surface area contributed by atoms with Gasteiger partial charge in [-0.2, -0.15) is 0 Å². The van der Waals surface area contributed by atoms with E-state index in [0.29, 0.717) is 19.5 Å². The summed E-state index contributed by atoms with van der Waals surface area (Å²) in [5, 5.41) is 9.24. The molecule has 0 saturated carbocycles. The monoisotopic (exact) mass is 373 g/mol. The third kappa shape index (κ3) is 5.08. The zero-order chi connectivity index (χ0) is 19.2. The standard InChI is InChI=1S/C21H31N3O3/c1-3-14(2)19(21(26)23-13-17-9-6-10-27-17)24-20(25)18-11-15-7-4-5-8-16(15)12-22-18/h4-5,7-8,14,17-19,22H,3,6,9-13H2,1-2H3,(H,23,26)(H,24,25). The first kappa shape index (κ1) is 19.8. The van der Waals surface area contributed by atoms with Crippen LogP contribution in [0, 0.1) is 5.92 Å². The molecular weight excluding hydrogens is 342 g/mol. The minimum Gasteiger partial charge on any atom is -0.376 e. The normalized spacial score (nSPS) is 23.9. The Morgan fingerprint density at radius 1 is 1.30 bits per heavy atom. The predicted octanol–water partition coefficient (Wildman–Crippen LogP) is 1.53. The smallest absolute Gasteiger partial charge is 0.242 e. The fraction of sp³-hybridized carbons (Fsp3) is 0.619. The number of fused-ring (bicyclic) bond motifs is 1. The first-order chi connectivity index (χ1) is 13.1. The molecule has 2 aliphatic heterocycles. The first-order valence-corrected chi connectivity index (χ1v) is 10.1. The van der Waals surface area contributed by atoms with E-state index in [1.54, 1.807) is 0 Å². The number of carbonyl (C=O) groups is 2. The molecule has 27 heavy (non-hydrogen) atoms. The Bertz CT molecular complexity index is 658. The molecule has 1 saturated heterocycles. The summed E-state index contributed by atoms with van der Waals surface area (Å²) >= 11 is 0. The minimum absolute atomic E-state index is 0.0642. The van der Waals surface area contributed by atoms with Crippen molar-refractivity contribution in [2.45, 2.75) is 64.3 Å². The molecule has 1 fully saturated rings. The van der Waals surface area contributed by atoms with E-state index in [1.165, 1.54) is 11.1 Å². The average Bonchev–Trinajstić information content (AvgIpc) is 3.22. The van der Waals surface area contributed by atoms with Crippen LogP contribution in [0.2, 0.25) is 0 Å². The van der Waals surface area contributed by atoms with Crippen LogP contribution in [0.4, 0.5) is 0 Å². The average molecular weight is 373 g/mol. The lowest BCUT2D eigenvalue weighted by atomic mass is 9.94. The van der Waals surface area contributed by atoms with E-state index >= 15 is 0 Å². The molecule has 6 heteroatoms. The summed E-state index contributed by atoms with van der Waals surface area (Å²) in [5.41, 5.74) is 2.42. The minimum atomic E-state index is -0.525. The van der Waals surface area contributed by atoms with Gasteiger partial charge >= 0.3 is 0 Å². The van der Waals surface area contributed by atoms with E-state index in [0.717, 1.165) is 25.9 Å². The Morgan fingerprint density at radius 2 is 2.07 bits per heavy atom. The zero-order valence-electron chi connectivity index (χ0n) is 16.3. The van der Waals surface area contributed by atoms with Gasteiger partial charge in [0.15, 0.2) is 0 Å². The van der Waals surface area contributed by atoms with Gasteiger partial charge in [0.1, 0.15) is 6.04 Å². The van der Waals surface area contributed by atoms with Gasteiger partial charge in [-0.05, 0) is 36.3 Å². The zero-order valence-corrected chi connectivity index (χ0v) is 16.3. The Balaban J connectivity index is 1.58. The molecule has 0 radical (unpaired) electrons. The lowest BCUT2D eigenvalue weighted by Crippen LogP contribution is -2.56. The molecule has 0 aliphatic carbocycles. The summed E-state index contributed by atoms with van der Waals surface area (Å²) in [6.45, 7) is 5.98. The van der Waals surface area contributed by atoms with Crippen molar-refractivity contribution in [3.8, 4) is 0 Å². The van der Waals surface area contributed by atoms with Crippen LogP contribution in [0.1, 0.15) is 44.2 Å². The topological polar surface area (TPSA) is 79.5 Å². The summed E-state index contributed by atoms with van der Waals surface area (Å²) in [5.74, 6) is -0.166. The summed E-state index contributed by atoms with van der Waals surface area (Å²) in [7, 11) is 0. The molecule has 3 N–H and O–H groups in total. The Kier molecular flexibility index (Phi) is 6.85. The second kappa shape index (κ2) is 9.33. The lowest BCUT2D eigenvalue weighted by molar-refractivity contribution is -0.131. The van der Waals surface area contributed by atoms with Crippen LogP contribution < -0.4 is 16.0 Å². The van der Waals surface area contributed by atoms with Crippen molar-refractivity contribution in [1.29, 1.82) is 0 Å². The van der Waals surface area contributed by atoms with Crippen molar-refractivity contribution in [1.82, 2.24) is 16.0 Å². The van der Waals surface area contributed by atoms with Gasteiger partial charge in [-0.3, -0.25) is 9.59 Å². The molecule has 1 aromatic rings. The lowest BCUT2D eigenvalue weighted by Gasteiger charge is -2.29. The number of carbonyl (C=O) groups excluding carboxylic acids is 2. The Labute approximate surface area is 161 Å². The second-order valence-corrected chi connectivity index (χ2v) is 7.66. The Hall–Kier alpha value is -1.92. The second-order valence-electron chi connectivity index (χ2n) is 7.66. The summed E-state index contributed by atoms with van der Waals surface area (Å²) in [6.07, 6.45) is 3.58. The molecule has 6 nitrogen and oxygen atoms in total. The molecule has 2 amide bonds. The third-order valence-electron chi connectivity index (χ3n) is 5.72. The molecular formula is C21H31N3O3. The molecule has 0 bridgehead atoms. The number of hydrogen-bond donors (Lipinski definition) is 3. The molecule has 1 aromatic carbocycles. The molecule has 0 aromatic heterocycles. The van der Waals surface area contributed by atoms with Gasteiger partial charge in [-0.15, -0.1) is 0 Å². The van der Waals surface area contributed by atoms with Crippen molar-refractivity contribution in [3.63, 3.8) is 0 Å². The fourth-order valence-corrected chi connectivity index (χ4v) is 3.73. The van der Waals surface area contributed by atoms with Gasteiger partial charge in [0.25, 0.3) is 0 Å². The molecule has 0 spiro atoms. The molecule has 148 valence electrons. The summed E-state index contributed by atoms with van der Waals surface area (Å²) in [4.78, 5) is 25.5. The maximum absolute atomic E-state index is 12.8. The van der Waals surface area contributed by atoms with Crippen LogP contribution in [0.15, 0.2) is 24.3 Å². The number of hydrogen-bond acceptors (Lipinski definition) is 4. The van der Waals surface area contributed by atoms with Crippen LogP contribution in [-0.4, -0.2) is 43.2 Å². The van der Waals surface area contributed by atoms with Gasteiger partial charge < -0.3 is 20.7 Å². The van der Waals surface area contributed by atoms with Crippen molar-refractivity contribution >= 4 is 11.8 Å². The van der Waals surface area contributed by atoms with E-state index in [9.17, 15) is 9.59 Å². The van der Waals surface area contributed by atoms with E-state index in [1.807, 2.05) is 26.0 Å². The van der Waals surface area contributed by atoms with E-state index in [-0.39, 0.29) is 29.9 Å². The highest BCUT2D eigenvalue weighted by Crippen LogP contribution is 2.17. The third-order valence-corrected chi connectivity index (χ3v) is 5.72. The number of amides is 2. The van der Waals surface area contributed by atoms with Crippen LogP contribution >= 0.6 is 0 Å². The summed E-state index contributed by atoms with van der Waals surface area (Å²) < 4.78 is 5.57. The van der Waals surface area contributed by atoms with Crippen molar-refractivity contribution in [2.24, 2.45) is 5.92 Å². The maximum Gasteiger partial charge on any atom is 0.242 e. The fourth-order valence-electron chi connectivity index (χ4n) is 3.73. The van der Waals surface area contributed by atoms with E-state index in [2.05, 4.69) is 28.1 Å². The SMILES string of the molecule is CCC(C)C(NC(=O)C1Cc2ccccc2CN1)C(=O)NCC1CCCO1. The van der Waals surface area contributed by atoms with Crippen LogP contribution in [0.5, 0.6) is 0 Å². The van der Waals surface area contributed by atoms with Gasteiger partial charge in [-0.25, -0.2) is 0 Å². The van der Waals surface area contributed by atoms with Gasteiger partial charge in [0, 0.05) is 19.7 Å². The largest absolute Gasteiger partial charge is 0.376 e. The quantitative estimate of drug-likeness (QED) is 0.677. The molecule has 4 unspecified atom stereocenters. The number of benzene rings is 1. The van der Waals surface area contributed by atoms with Gasteiger partial charge in [0.05, 0.1) is 12.1 Å². The van der Waals surface area contributed by atoms with Crippen LogP contribution in [0.3, 0.4) is 0 Å². The molecule has 2 aliphatic rings. The molecule has 2 heterocycles. The van der Waals surface area contributed by atoms with E-state index in [4.69, 9.17) is 4.74 Å². The number of nitrogens with one attached hydrogen (secondary N) is 3. The number of rotatable bonds is 7. The van der Waals surface area contributed by atoms with E-state index < -0.39 is 6.04 Å². The van der Waals surface area contributed by atoms with Gasteiger partial charge in [-0.1, -0.05) is 44.5 Å². The highest BCUT2D eigenvalue weighted by molar-refractivity contribution is 5.90. The first-order valence-electron chi connectivity index (χ1n) is 10.1. The van der Waals surface area contributed by atoms with Crippen LogP contribution in [-0.2, 0) is 27.3 Å². The Morgan fingerprint density at radius 3 is 2.78 bits per heavy atom. The highest BCUT2D eigenvalue weighted by atomic mass is 16.5. The van der Waals surface area contributed by atoms with Crippen molar-refractivity contribution < 1.29 is 14.3 Å². The maximum atomic E-state index is 12.8. The predicted molar refractivity (Wildman–Crippen MR) is 104 cm³/mol. The highest BCUT2D eigenvalue weighted by Gasteiger charge is 2.31. The van der Waals surface area contributed by atoms with Crippen molar-refractivity contribution in [2.75, 3.05) is 13.2 Å².